The Kier molecular flexibility index (Phi) is 65.2. The number of carbonyl (C=O) groups is 3. The Morgan fingerprint density at radius 3 is 0.787 bits per heavy atom. The molecule has 0 aromatic heterocycles. The van der Waals surface area contributed by atoms with E-state index in [4.69, 9.17) is 14.2 Å². The number of esters is 3. The smallest absolute Gasteiger partial charge is 0.306 e. The zero-order valence-electron chi connectivity index (χ0n) is 53.1. The molecule has 0 amide bonds. The van der Waals surface area contributed by atoms with Crippen LogP contribution in [-0.2, 0) is 28.6 Å². The zero-order chi connectivity index (χ0) is 57.8. The standard InChI is InChI=1S/C74H130O6/c1-4-7-10-13-16-19-22-25-28-31-33-34-35-36-37-38-39-40-41-44-46-49-52-55-58-61-64-67-73(76)79-70-71(69-78-72(75)66-63-60-57-54-51-48-45-42-30-27-24-21-18-15-12-9-6-3)80-74(77)68-65-62-59-56-53-50-47-43-32-29-26-23-20-17-14-11-8-5-2/h7,10,16,18-19,21,25,27-28,30,33-34,36-37,71H,4-6,8-9,11-15,17,20,22-24,26,29,31-32,35,38-70H2,1-3H3/b10-7-,19-16-,21-18-,28-25-,30-27-,34-33-,37-36-. The normalized spacial score (nSPS) is 12.6. The second kappa shape index (κ2) is 68.1. The van der Waals surface area contributed by atoms with Crippen LogP contribution in [-0.4, -0.2) is 37.2 Å². The van der Waals surface area contributed by atoms with Crippen molar-refractivity contribution >= 4 is 17.9 Å². The monoisotopic (exact) mass is 1110 g/mol. The first-order valence-corrected chi connectivity index (χ1v) is 34.6. The van der Waals surface area contributed by atoms with E-state index in [0.717, 1.165) is 103 Å². The third-order valence-electron chi connectivity index (χ3n) is 15.1. The molecule has 1 unspecified atom stereocenters. The molecular formula is C74H130O6. The summed E-state index contributed by atoms with van der Waals surface area (Å²) in [5, 5.41) is 0. The van der Waals surface area contributed by atoms with Crippen LogP contribution in [0.4, 0.5) is 0 Å². The Morgan fingerprint density at radius 2 is 0.487 bits per heavy atom. The molecular weight excluding hydrogens is 985 g/mol. The van der Waals surface area contributed by atoms with Gasteiger partial charge in [0.05, 0.1) is 0 Å². The fourth-order valence-corrected chi connectivity index (χ4v) is 9.97. The van der Waals surface area contributed by atoms with Crippen molar-refractivity contribution in [3.05, 3.63) is 85.1 Å². The highest BCUT2D eigenvalue weighted by Crippen LogP contribution is 2.17. The molecule has 462 valence electrons. The largest absolute Gasteiger partial charge is 0.462 e. The van der Waals surface area contributed by atoms with Crippen LogP contribution < -0.4 is 0 Å². The fraction of sp³-hybridized carbons (Fsp3) is 0.770. The van der Waals surface area contributed by atoms with Gasteiger partial charge in [-0.25, -0.2) is 0 Å². The minimum Gasteiger partial charge on any atom is -0.462 e. The van der Waals surface area contributed by atoms with Crippen LogP contribution in [0.25, 0.3) is 0 Å². The molecule has 0 spiro atoms. The Hall–Kier alpha value is -3.41. The zero-order valence-corrected chi connectivity index (χ0v) is 53.1. The van der Waals surface area contributed by atoms with E-state index in [9.17, 15) is 14.4 Å². The Morgan fingerprint density at radius 1 is 0.263 bits per heavy atom. The Bertz CT molecular complexity index is 1520. The van der Waals surface area contributed by atoms with E-state index in [1.165, 1.54) is 205 Å². The van der Waals surface area contributed by atoms with E-state index in [1.54, 1.807) is 0 Å². The third kappa shape index (κ3) is 65.4. The molecule has 0 bridgehead atoms. The minimum absolute atomic E-state index is 0.0771. The van der Waals surface area contributed by atoms with Gasteiger partial charge in [-0.05, 0) is 96.3 Å². The second-order valence-corrected chi connectivity index (χ2v) is 23.1. The van der Waals surface area contributed by atoms with Gasteiger partial charge in [0, 0.05) is 19.3 Å². The maximum Gasteiger partial charge on any atom is 0.306 e. The molecule has 0 N–H and O–H groups in total. The topological polar surface area (TPSA) is 78.9 Å². The van der Waals surface area contributed by atoms with Gasteiger partial charge in [-0.2, -0.15) is 0 Å². The molecule has 6 heteroatoms. The van der Waals surface area contributed by atoms with Gasteiger partial charge in [-0.3, -0.25) is 14.4 Å². The molecule has 0 saturated carbocycles. The number of hydrogen-bond acceptors (Lipinski definition) is 6. The van der Waals surface area contributed by atoms with Crippen LogP contribution in [0, 0.1) is 0 Å². The Balaban J connectivity index is 4.32. The average Bonchev–Trinajstić information content (AvgIpc) is 3.46. The molecule has 0 aliphatic heterocycles. The quantitative estimate of drug-likeness (QED) is 0.0261. The van der Waals surface area contributed by atoms with Crippen LogP contribution in [0.1, 0.15) is 348 Å². The van der Waals surface area contributed by atoms with Gasteiger partial charge in [0.2, 0.25) is 0 Å². The molecule has 0 aliphatic rings. The lowest BCUT2D eigenvalue weighted by molar-refractivity contribution is -0.167. The number of hydrogen-bond donors (Lipinski definition) is 0. The first-order chi connectivity index (χ1) is 39.5. The summed E-state index contributed by atoms with van der Waals surface area (Å²) < 4.78 is 17.0. The van der Waals surface area contributed by atoms with E-state index in [2.05, 4.69) is 106 Å². The number of rotatable bonds is 63. The van der Waals surface area contributed by atoms with Gasteiger partial charge < -0.3 is 14.2 Å². The molecule has 0 aromatic carbocycles. The highest BCUT2D eigenvalue weighted by molar-refractivity contribution is 5.71. The number of carbonyl (C=O) groups excluding carboxylic acids is 3. The Labute approximate surface area is 496 Å². The van der Waals surface area contributed by atoms with Gasteiger partial charge >= 0.3 is 17.9 Å². The van der Waals surface area contributed by atoms with Crippen LogP contribution in [0.5, 0.6) is 0 Å². The van der Waals surface area contributed by atoms with Crippen molar-refractivity contribution in [2.75, 3.05) is 13.2 Å². The predicted octanol–water partition coefficient (Wildman–Crippen LogP) is 23.8. The first-order valence-electron chi connectivity index (χ1n) is 34.6. The van der Waals surface area contributed by atoms with E-state index >= 15 is 0 Å². The highest BCUT2D eigenvalue weighted by Gasteiger charge is 2.19. The summed E-state index contributed by atoms with van der Waals surface area (Å²) in [7, 11) is 0. The van der Waals surface area contributed by atoms with Crippen LogP contribution in [0.3, 0.4) is 0 Å². The average molecular weight is 1120 g/mol. The van der Waals surface area contributed by atoms with Crippen molar-refractivity contribution in [2.45, 2.75) is 354 Å². The third-order valence-corrected chi connectivity index (χ3v) is 15.1. The number of unbranched alkanes of at least 4 members (excludes halogenated alkanes) is 38. The molecule has 0 aliphatic carbocycles. The molecule has 0 heterocycles. The van der Waals surface area contributed by atoms with Gasteiger partial charge in [0.25, 0.3) is 0 Å². The van der Waals surface area contributed by atoms with Crippen molar-refractivity contribution < 1.29 is 28.6 Å². The molecule has 0 saturated heterocycles. The summed E-state index contributed by atoms with van der Waals surface area (Å²) in [6, 6.07) is 0. The van der Waals surface area contributed by atoms with Gasteiger partial charge in [0.15, 0.2) is 6.10 Å². The SMILES string of the molecule is CC/C=C\C/C=C\C/C=C\C/C=C\C/C=C\CCCCCCCCCCCCCC(=O)OCC(COC(=O)CCCCCCCCC/C=C\C/C=C\CCCCC)OC(=O)CCCCCCCCCCCCCCCCCCCC. The van der Waals surface area contributed by atoms with Crippen LogP contribution in [0.2, 0.25) is 0 Å². The number of ether oxygens (including phenoxy) is 3. The summed E-state index contributed by atoms with van der Waals surface area (Å²) in [5.74, 6) is -0.867. The lowest BCUT2D eigenvalue weighted by Gasteiger charge is -2.18. The molecule has 0 radical (unpaired) electrons. The van der Waals surface area contributed by atoms with E-state index in [1.807, 2.05) is 0 Å². The van der Waals surface area contributed by atoms with Crippen molar-refractivity contribution in [2.24, 2.45) is 0 Å². The minimum atomic E-state index is -0.781. The summed E-state index contributed by atoms with van der Waals surface area (Å²) >= 11 is 0. The number of allylic oxidation sites excluding steroid dienone is 14. The van der Waals surface area contributed by atoms with Gasteiger partial charge in [-0.15, -0.1) is 0 Å². The van der Waals surface area contributed by atoms with Crippen molar-refractivity contribution in [3.8, 4) is 0 Å². The molecule has 0 aromatic rings. The molecule has 6 nitrogen and oxygen atoms in total. The van der Waals surface area contributed by atoms with Crippen LogP contribution >= 0.6 is 0 Å². The van der Waals surface area contributed by atoms with Gasteiger partial charge in [-0.1, -0.05) is 318 Å². The summed E-state index contributed by atoms with van der Waals surface area (Å²) in [4.78, 5) is 38.4. The lowest BCUT2D eigenvalue weighted by Crippen LogP contribution is -2.30. The molecule has 1 atom stereocenters. The van der Waals surface area contributed by atoms with Crippen molar-refractivity contribution in [1.82, 2.24) is 0 Å². The van der Waals surface area contributed by atoms with E-state index in [0.29, 0.717) is 19.3 Å². The summed E-state index contributed by atoms with van der Waals surface area (Å²) in [6.07, 6.45) is 90.2. The lowest BCUT2D eigenvalue weighted by atomic mass is 10.0. The first kappa shape index (κ1) is 76.6. The molecule has 80 heavy (non-hydrogen) atoms. The van der Waals surface area contributed by atoms with E-state index in [-0.39, 0.29) is 31.1 Å². The highest BCUT2D eigenvalue weighted by atomic mass is 16.6. The fourth-order valence-electron chi connectivity index (χ4n) is 9.97. The van der Waals surface area contributed by atoms with Crippen molar-refractivity contribution in [3.63, 3.8) is 0 Å². The molecule has 0 fully saturated rings. The second-order valence-electron chi connectivity index (χ2n) is 23.1. The van der Waals surface area contributed by atoms with E-state index < -0.39 is 6.10 Å². The maximum absolute atomic E-state index is 12.9. The maximum atomic E-state index is 12.9. The summed E-state index contributed by atoms with van der Waals surface area (Å²) in [6.45, 7) is 6.55. The summed E-state index contributed by atoms with van der Waals surface area (Å²) in [5.41, 5.74) is 0. The van der Waals surface area contributed by atoms with Crippen LogP contribution in [0.15, 0.2) is 85.1 Å². The van der Waals surface area contributed by atoms with Gasteiger partial charge in [0.1, 0.15) is 13.2 Å². The molecule has 0 rings (SSSR count). The van der Waals surface area contributed by atoms with Crippen molar-refractivity contribution in [1.29, 1.82) is 0 Å². The predicted molar refractivity (Wildman–Crippen MR) is 348 cm³/mol.